The van der Waals surface area contributed by atoms with Gasteiger partial charge in [-0.25, -0.2) is 17.8 Å². The summed E-state index contributed by atoms with van der Waals surface area (Å²) in [6.07, 6.45) is 3.97. The molecule has 0 bridgehead atoms. The van der Waals surface area contributed by atoms with Crippen molar-refractivity contribution < 1.29 is 22.8 Å². The molecule has 2 heterocycles. The monoisotopic (exact) mass is 802 g/mol. The van der Waals surface area contributed by atoms with Crippen molar-refractivity contribution in [3.8, 4) is 5.69 Å². The van der Waals surface area contributed by atoms with Crippen molar-refractivity contribution in [3.05, 3.63) is 122 Å². The normalized spacial score (nSPS) is 14.1. The average molecular weight is 804 g/mol. The summed E-state index contributed by atoms with van der Waals surface area (Å²) in [4.78, 5) is 44.0. The number of fused-ring (bicyclic) bond motifs is 2. The quantitative estimate of drug-likeness (QED) is 0.101. The first kappa shape index (κ1) is 40.1. The van der Waals surface area contributed by atoms with Crippen LogP contribution < -0.4 is 15.8 Å². The van der Waals surface area contributed by atoms with Gasteiger partial charge in [0.15, 0.2) is 11.5 Å². The lowest BCUT2D eigenvalue weighted by Crippen LogP contribution is -2.41. The van der Waals surface area contributed by atoms with Gasteiger partial charge >= 0.3 is 0 Å². The number of benzene rings is 4. The van der Waals surface area contributed by atoms with Gasteiger partial charge in [-0.15, -0.1) is 0 Å². The Balaban J connectivity index is 1.43. The largest absolute Gasteiger partial charge is 0.337 e. The molecular formula is C41H44Cl2N6O5S. The molecule has 0 aliphatic carbocycles. The maximum atomic E-state index is 14.8. The van der Waals surface area contributed by atoms with Gasteiger partial charge in [-0.1, -0.05) is 86.3 Å². The number of rotatable bonds is 14. The third kappa shape index (κ3) is 8.34. The molecule has 1 aliphatic heterocycles. The summed E-state index contributed by atoms with van der Waals surface area (Å²) in [5.74, 6) is -1.68. The zero-order valence-electron chi connectivity index (χ0n) is 31.0. The smallest absolute Gasteiger partial charge is 0.275 e. The molecule has 288 valence electrons. The van der Waals surface area contributed by atoms with Crippen LogP contribution in [0.1, 0.15) is 93.1 Å². The molecular weight excluding hydrogens is 759 g/mol. The number of nitrogens with one attached hydrogen (secondary N) is 2. The number of carbonyl (C=O) groups is 3. The van der Waals surface area contributed by atoms with E-state index in [1.165, 1.54) is 35.0 Å². The number of halogens is 2. The van der Waals surface area contributed by atoms with Gasteiger partial charge in [-0.3, -0.25) is 14.4 Å². The molecule has 6 rings (SSSR count). The van der Waals surface area contributed by atoms with Crippen molar-refractivity contribution in [3.63, 3.8) is 0 Å². The van der Waals surface area contributed by atoms with Crippen LogP contribution in [0.25, 0.3) is 16.5 Å². The molecule has 0 saturated heterocycles. The van der Waals surface area contributed by atoms with Crippen LogP contribution in [0, 0.1) is 6.92 Å². The van der Waals surface area contributed by atoms with Crippen molar-refractivity contribution in [2.45, 2.75) is 70.4 Å². The molecule has 14 heteroatoms. The van der Waals surface area contributed by atoms with Gasteiger partial charge in [0.25, 0.3) is 21.8 Å². The fourth-order valence-electron chi connectivity index (χ4n) is 6.82. The van der Waals surface area contributed by atoms with E-state index in [1.807, 2.05) is 6.07 Å². The number of unbranched alkanes of at least 4 members (excludes halogenated alkanes) is 2. The van der Waals surface area contributed by atoms with E-state index >= 15 is 0 Å². The van der Waals surface area contributed by atoms with Crippen LogP contribution in [0.5, 0.6) is 0 Å². The first-order valence-electron chi connectivity index (χ1n) is 18.4. The number of amides is 2. The minimum atomic E-state index is -4.36. The Morgan fingerprint density at radius 2 is 1.69 bits per heavy atom. The number of nitrogens with zero attached hydrogens (tertiary/aromatic N) is 3. The van der Waals surface area contributed by atoms with E-state index < -0.39 is 21.7 Å². The van der Waals surface area contributed by atoms with Gasteiger partial charge in [0.1, 0.15) is 0 Å². The van der Waals surface area contributed by atoms with E-state index in [0.717, 1.165) is 42.2 Å². The number of sulfonamides is 1. The van der Waals surface area contributed by atoms with E-state index in [9.17, 15) is 22.8 Å². The molecule has 5 aromatic rings. The Kier molecular flexibility index (Phi) is 12.4. The molecule has 11 nitrogen and oxygen atoms in total. The predicted molar refractivity (Wildman–Crippen MR) is 216 cm³/mol. The molecule has 0 radical (unpaired) electrons. The fourth-order valence-corrected chi connectivity index (χ4v) is 8.26. The summed E-state index contributed by atoms with van der Waals surface area (Å²) in [7, 11) is -4.36. The van der Waals surface area contributed by atoms with Crippen LogP contribution in [0.15, 0.2) is 77.7 Å². The lowest BCUT2D eigenvalue weighted by molar-refractivity contribution is 0.0744. The predicted octanol–water partition coefficient (Wildman–Crippen LogP) is 7.01. The number of carbonyl (C=O) groups excluding carboxylic acids is 3. The summed E-state index contributed by atoms with van der Waals surface area (Å²) >= 11 is 13.2. The van der Waals surface area contributed by atoms with Crippen LogP contribution in [0.4, 0.5) is 0 Å². The molecule has 1 aromatic heterocycles. The Morgan fingerprint density at radius 3 is 2.40 bits per heavy atom. The van der Waals surface area contributed by atoms with Crippen LogP contribution >= 0.6 is 23.2 Å². The Bertz CT molecular complexity index is 2390. The summed E-state index contributed by atoms with van der Waals surface area (Å²) in [6, 6.07) is 19.3. The molecule has 1 unspecified atom stereocenters. The van der Waals surface area contributed by atoms with Crippen molar-refractivity contribution in [2.75, 3.05) is 19.6 Å². The molecule has 0 saturated carbocycles. The highest BCUT2D eigenvalue weighted by molar-refractivity contribution is 7.90. The van der Waals surface area contributed by atoms with Gasteiger partial charge in [0.2, 0.25) is 0 Å². The van der Waals surface area contributed by atoms with E-state index in [4.69, 9.17) is 28.9 Å². The number of hydrogen-bond donors (Lipinski definition) is 3. The second-order valence-electron chi connectivity index (χ2n) is 13.7. The SMILES string of the molecule is CCCCN(CCCC)C(=O)c1nn(-c2ccc(C(=O)NS(=O)(=O)c3ccc4cccc(Cl)c4c3)cc2C(=O)c2cccc3c2CC(CN)NC3)c(C)c1Cl. The van der Waals surface area contributed by atoms with E-state index in [2.05, 4.69) is 29.0 Å². The highest BCUT2D eigenvalue weighted by Gasteiger charge is 2.30. The van der Waals surface area contributed by atoms with Crippen LogP contribution in [0.3, 0.4) is 0 Å². The molecule has 1 atom stereocenters. The van der Waals surface area contributed by atoms with Crippen LogP contribution in [0.2, 0.25) is 10.0 Å². The van der Waals surface area contributed by atoms with Crippen molar-refractivity contribution in [1.82, 2.24) is 24.7 Å². The Hall–Kier alpha value is -4.59. The van der Waals surface area contributed by atoms with E-state index in [-0.39, 0.29) is 44.4 Å². The third-order valence-corrected chi connectivity index (χ3v) is 12.1. The topological polar surface area (TPSA) is 156 Å². The molecule has 55 heavy (non-hydrogen) atoms. The standard InChI is InChI=1S/C41H44Cl2N6O5S/c1-4-6-18-48(19-7-5-2)41(52)38-37(43)25(3)49(46-38)36-17-15-27(20-34(36)39(50)31-12-8-11-28-24-45-29(23-44)21-32(28)31)40(51)47-55(53,54)30-16-14-26-10-9-13-35(42)33(26)22-30/h8-17,20,22,29,45H,4-7,18-19,21,23-24,44H2,1-3H3,(H,47,51). The first-order chi connectivity index (χ1) is 26.4. The van der Waals surface area contributed by atoms with Crippen molar-refractivity contribution in [2.24, 2.45) is 5.73 Å². The minimum absolute atomic E-state index is 0.0441. The van der Waals surface area contributed by atoms with E-state index in [0.29, 0.717) is 54.3 Å². The summed E-state index contributed by atoms with van der Waals surface area (Å²) < 4.78 is 30.7. The fraction of sp³-hybridized carbons (Fsp3) is 0.317. The summed E-state index contributed by atoms with van der Waals surface area (Å²) in [5.41, 5.74) is 8.91. The molecule has 1 aliphatic rings. The van der Waals surface area contributed by atoms with Gasteiger partial charge in [-0.05, 0) is 79.1 Å². The zero-order valence-corrected chi connectivity index (χ0v) is 33.3. The zero-order chi connectivity index (χ0) is 39.4. The average Bonchev–Trinajstić information content (AvgIpc) is 3.49. The lowest BCUT2D eigenvalue weighted by Gasteiger charge is -2.27. The van der Waals surface area contributed by atoms with Gasteiger partial charge < -0.3 is 16.0 Å². The van der Waals surface area contributed by atoms with Crippen molar-refractivity contribution in [1.29, 1.82) is 0 Å². The number of nitrogens with two attached hydrogens (primary N) is 1. The maximum absolute atomic E-state index is 14.8. The van der Waals surface area contributed by atoms with E-state index in [1.54, 1.807) is 48.2 Å². The number of ketones is 1. The van der Waals surface area contributed by atoms with Gasteiger partial charge in [-0.2, -0.15) is 5.10 Å². The Labute approximate surface area is 331 Å². The summed E-state index contributed by atoms with van der Waals surface area (Å²) in [5, 5.41) is 9.83. The summed E-state index contributed by atoms with van der Waals surface area (Å²) in [6.45, 7) is 7.82. The first-order valence-corrected chi connectivity index (χ1v) is 20.7. The molecule has 4 N–H and O–H groups in total. The number of aromatic nitrogens is 2. The second-order valence-corrected chi connectivity index (χ2v) is 16.2. The highest BCUT2D eigenvalue weighted by atomic mass is 35.5. The Morgan fingerprint density at radius 1 is 0.964 bits per heavy atom. The second kappa shape index (κ2) is 17.1. The lowest BCUT2D eigenvalue weighted by atomic mass is 9.87. The van der Waals surface area contributed by atoms with Gasteiger partial charge in [0, 0.05) is 59.3 Å². The third-order valence-electron chi connectivity index (χ3n) is 10.00. The maximum Gasteiger partial charge on any atom is 0.275 e. The molecule has 4 aromatic carbocycles. The molecule has 0 fully saturated rings. The molecule has 2 amide bonds. The number of hydrogen-bond acceptors (Lipinski definition) is 8. The van der Waals surface area contributed by atoms with Gasteiger partial charge in [0.05, 0.1) is 21.3 Å². The minimum Gasteiger partial charge on any atom is -0.337 e. The highest BCUT2D eigenvalue weighted by Crippen LogP contribution is 2.31. The van der Waals surface area contributed by atoms with Crippen molar-refractivity contribution >= 4 is 61.6 Å². The van der Waals surface area contributed by atoms with Crippen LogP contribution in [-0.4, -0.2) is 66.4 Å². The molecule has 0 spiro atoms. The van der Waals surface area contributed by atoms with Crippen LogP contribution in [-0.2, 0) is 23.0 Å².